The molecule has 1 fully saturated rings. The first-order valence-electron chi connectivity index (χ1n) is 10.2. The van der Waals surface area contributed by atoms with Crippen molar-refractivity contribution in [3.8, 4) is 11.3 Å². The molecule has 1 aliphatic rings. The fourth-order valence-electron chi connectivity index (χ4n) is 3.58. The summed E-state index contributed by atoms with van der Waals surface area (Å²) in [5.41, 5.74) is 2.92. The monoisotopic (exact) mass is 412 g/mol. The van der Waals surface area contributed by atoms with Gasteiger partial charge >= 0.3 is 0 Å². The van der Waals surface area contributed by atoms with Gasteiger partial charge in [0.2, 0.25) is 0 Å². The summed E-state index contributed by atoms with van der Waals surface area (Å²) < 4.78 is 11.8. The molecule has 0 atom stereocenters. The zero-order valence-electron chi connectivity index (χ0n) is 17.1. The van der Waals surface area contributed by atoms with Crippen molar-refractivity contribution < 1.29 is 9.47 Å². The van der Waals surface area contributed by atoms with Gasteiger partial charge < -0.3 is 19.3 Å². The Labute approximate surface area is 176 Å². The number of ether oxygens (including phenoxy) is 2. The standard InChI is InChI=1S/C22H28N4O2S/c1-3-25-7-9-26(10-8-25)22-21-17(6-13-29-21)14-20(24-22)18-4-5-19(23-15-18)16-28-12-11-27-2/h4-6,13-15H,3,7-12,16H2,1-2H3. The fraction of sp³-hybridized carbons (Fsp3) is 0.455. The first kappa shape index (κ1) is 20.2. The van der Waals surface area contributed by atoms with Gasteiger partial charge in [-0.3, -0.25) is 4.98 Å². The molecule has 0 spiro atoms. The van der Waals surface area contributed by atoms with E-state index in [1.54, 1.807) is 18.4 Å². The second-order valence-electron chi connectivity index (χ2n) is 7.17. The van der Waals surface area contributed by atoms with Crippen LogP contribution in [0.25, 0.3) is 21.3 Å². The van der Waals surface area contributed by atoms with E-state index < -0.39 is 0 Å². The number of methoxy groups -OCH3 is 1. The molecular weight excluding hydrogens is 384 g/mol. The molecular formula is C22H28N4O2S. The highest BCUT2D eigenvalue weighted by Gasteiger charge is 2.20. The molecule has 4 rings (SSSR count). The Bertz CT molecular complexity index is 920. The van der Waals surface area contributed by atoms with E-state index in [1.807, 2.05) is 12.3 Å². The van der Waals surface area contributed by atoms with Crippen LogP contribution in [-0.2, 0) is 16.1 Å². The highest BCUT2D eigenvalue weighted by atomic mass is 32.1. The summed E-state index contributed by atoms with van der Waals surface area (Å²) in [7, 11) is 1.67. The van der Waals surface area contributed by atoms with E-state index in [0.717, 1.165) is 55.5 Å². The summed E-state index contributed by atoms with van der Waals surface area (Å²) in [6.45, 7) is 9.23. The maximum Gasteiger partial charge on any atom is 0.147 e. The predicted molar refractivity (Wildman–Crippen MR) is 119 cm³/mol. The van der Waals surface area contributed by atoms with Crippen molar-refractivity contribution in [3.05, 3.63) is 41.5 Å². The number of hydrogen-bond donors (Lipinski definition) is 0. The Morgan fingerprint density at radius 2 is 1.97 bits per heavy atom. The van der Waals surface area contributed by atoms with E-state index >= 15 is 0 Å². The van der Waals surface area contributed by atoms with Crippen molar-refractivity contribution in [2.24, 2.45) is 0 Å². The number of hydrogen-bond acceptors (Lipinski definition) is 7. The van der Waals surface area contributed by atoms with Crippen molar-refractivity contribution in [1.29, 1.82) is 0 Å². The predicted octanol–water partition coefficient (Wildman–Crippen LogP) is 3.66. The highest BCUT2D eigenvalue weighted by Crippen LogP contribution is 2.34. The average molecular weight is 413 g/mol. The van der Waals surface area contributed by atoms with E-state index in [-0.39, 0.29) is 0 Å². The van der Waals surface area contributed by atoms with Crippen LogP contribution in [0.1, 0.15) is 12.6 Å². The number of piperazine rings is 1. The summed E-state index contributed by atoms with van der Waals surface area (Å²) in [6.07, 6.45) is 1.90. The van der Waals surface area contributed by atoms with E-state index in [1.165, 1.54) is 10.1 Å². The number of nitrogens with zero attached hydrogens (tertiary/aromatic N) is 4. The van der Waals surface area contributed by atoms with Gasteiger partial charge in [0.1, 0.15) is 5.82 Å². The lowest BCUT2D eigenvalue weighted by Gasteiger charge is -2.35. The Morgan fingerprint density at radius 3 is 2.69 bits per heavy atom. The molecule has 0 aromatic carbocycles. The second-order valence-corrected chi connectivity index (χ2v) is 8.09. The van der Waals surface area contributed by atoms with E-state index in [4.69, 9.17) is 14.5 Å². The minimum Gasteiger partial charge on any atom is -0.382 e. The molecule has 7 heteroatoms. The molecule has 0 aliphatic carbocycles. The van der Waals surface area contributed by atoms with Crippen LogP contribution in [0.3, 0.4) is 0 Å². The summed E-state index contributed by atoms with van der Waals surface area (Å²) in [5, 5.41) is 3.40. The van der Waals surface area contributed by atoms with Crippen molar-refractivity contribution in [3.63, 3.8) is 0 Å². The van der Waals surface area contributed by atoms with Gasteiger partial charge in [0.05, 0.1) is 35.9 Å². The second kappa shape index (κ2) is 9.63. The van der Waals surface area contributed by atoms with Crippen LogP contribution in [0.2, 0.25) is 0 Å². The molecule has 0 N–H and O–H groups in total. The number of thiophene rings is 1. The quantitative estimate of drug-likeness (QED) is 0.526. The summed E-state index contributed by atoms with van der Waals surface area (Å²) in [4.78, 5) is 14.5. The molecule has 0 bridgehead atoms. The number of anilines is 1. The minimum absolute atomic E-state index is 0.494. The number of likely N-dealkylation sites (N-methyl/N-ethyl adjacent to an activating group) is 1. The van der Waals surface area contributed by atoms with Gasteiger partial charge in [-0.25, -0.2) is 4.98 Å². The van der Waals surface area contributed by atoms with Gasteiger partial charge in [0, 0.05) is 45.0 Å². The third kappa shape index (κ3) is 4.75. The Hall–Kier alpha value is -2.06. The highest BCUT2D eigenvalue weighted by molar-refractivity contribution is 7.17. The minimum atomic E-state index is 0.494. The zero-order chi connectivity index (χ0) is 20.1. The van der Waals surface area contributed by atoms with Gasteiger partial charge in [-0.2, -0.15) is 0 Å². The van der Waals surface area contributed by atoms with Crippen molar-refractivity contribution in [1.82, 2.24) is 14.9 Å². The number of aromatic nitrogens is 2. The van der Waals surface area contributed by atoms with Crippen molar-refractivity contribution in [2.45, 2.75) is 13.5 Å². The molecule has 4 heterocycles. The average Bonchev–Trinajstić information content (AvgIpc) is 3.25. The number of pyridine rings is 2. The molecule has 0 amide bonds. The maximum atomic E-state index is 5.56. The lowest BCUT2D eigenvalue weighted by molar-refractivity contribution is 0.0602. The van der Waals surface area contributed by atoms with Gasteiger partial charge in [-0.15, -0.1) is 11.3 Å². The van der Waals surface area contributed by atoms with Crippen LogP contribution in [0.5, 0.6) is 0 Å². The van der Waals surface area contributed by atoms with Crippen LogP contribution >= 0.6 is 11.3 Å². The number of rotatable bonds is 8. The molecule has 1 saturated heterocycles. The summed E-state index contributed by atoms with van der Waals surface area (Å²) >= 11 is 1.77. The van der Waals surface area contributed by atoms with E-state index in [0.29, 0.717) is 19.8 Å². The Morgan fingerprint density at radius 1 is 1.10 bits per heavy atom. The molecule has 0 unspecified atom stereocenters. The molecule has 0 saturated carbocycles. The fourth-order valence-corrected chi connectivity index (χ4v) is 4.47. The molecule has 6 nitrogen and oxygen atoms in total. The molecule has 29 heavy (non-hydrogen) atoms. The van der Waals surface area contributed by atoms with Crippen LogP contribution in [0.4, 0.5) is 5.82 Å². The van der Waals surface area contributed by atoms with Gasteiger partial charge in [0.25, 0.3) is 0 Å². The van der Waals surface area contributed by atoms with Crippen LogP contribution < -0.4 is 4.90 Å². The van der Waals surface area contributed by atoms with E-state index in [9.17, 15) is 0 Å². The summed E-state index contributed by atoms with van der Waals surface area (Å²) in [6, 6.07) is 8.45. The Balaban J connectivity index is 1.55. The SMILES string of the molecule is CCN1CCN(c2nc(-c3ccc(COCCOC)nc3)cc3ccsc23)CC1. The maximum absolute atomic E-state index is 5.56. The zero-order valence-corrected chi connectivity index (χ0v) is 18.0. The smallest absolute Gasteiger partial charge is 0.147 e. The van der Waals surface area contributed by atoms with Gasteiger partial charge in [-0.1, -0.05) is 6.92 Å². The Kier molecular flexibility index (Phi) is 6.71. The lowest BCUT2D eigenvalue weighted by Crippen LogP contribution is -2.46. The van der Waals surface area contributed by atoms with E-state index in [2.05, 4.69) is 45.3 Å². The molecule has 154 valence electrons. The molecule has 3 aromatic rings. The normalized spacial score (nSPS) is 15.3. The molecule has 1 aliphatic heterocycles. The van der Waals surface area contributed by atoms with Gasteiger partial charge in [0.15, 0.2) is 0 Å². The molecule has 3 aromatic heterocycles. The largest absolute Gasteiger partial charge is 0.382 e. The number of fused-ring (bicyclic) bond motifs is 1. The molecule has 0 radical (unpaired) electrons. The van der Waals surface area contributed by atoms with Crippen LogP contribution in [0.15, 0.2) is 35.8 Å². The van der Waals surface area contributed by atoms with Crippen LogP contribution in [-0.4, -0.2) is 67.9 Å². The third-order valence-electron chi connectivity index (χ3n) is 5.34. The summed E-state index contributed by atoms with van der Waals surface area (Å²) in [5.74, 6) is 1.11. The lowest BCUT2D eigenvalue weighted by atomic mass is 10.1. The third-order valence-corrected chi connectivity index (χ3v) is 6.26. The van der Waals surface area contributed by atoms with Gasteiger partial charge in [-0.05, 0) is 41.6 Å². The first-order chi connectivity index (χ1) is 14.3. The topological polar surface area (TPSA) is 50.7 Å². The van der Waals surface area contributed by atoms with Crippen molar-refractivity contribution >= 4 is 27.2 Å². The first-order valence-corrected chi connectivity index (χ1v) is 11.0. The van der Waals surface area contributed by atoms with Crippen LogP contribution in [0, 0.1) is 0 Å². The van der Waals surface area contributed by atoms with Crippen molar-refractivity contribution in [2.75, 3.05) is 57.9 Å².